The van der Waals surface area contributed by atoms with Crippen LogP contribution in [0.3, 0.4) is 0 Å². The minimum Gasteiger partial charge on any atom is -0.395 e. The molecule has 1 aromatic rings. The highest BCUT2D eigenvalue weighted by Crippen LogP contribution is 2.16. The van der Waals surface area contributed by atoms with Gasteiger partial charge in [-0.1, -0.05) is 29.8 Å². The summed E-state index contributed by atoms with van der Waals surface area (Å²) in [5, 5.41) is 8.72. The Hall–Kier alpha value is -1.82. The van der Waals surface area contributed by atoms with Gasteiger partial charge < -0.3 is 10.0 Å². The van der Waals surface area contributed by atoms with Crippen LogP contribution in [0.25, 0.3) is 6.08 Å². The van der Waals surface area contributed by atoms with E-state index in [-0.39, 0.29) is 6.54 Å². The molecule has 0 spiro atoms. The summed E-state index contributed by atoms with van der Waals surface area (Å²) in [6, 6.07) is 7.22. The van der Waals surface area contributed by atoms with Crippen LogP contribution in [0.1, 0.15) is 11.1 Å². The molecule has 0 saturated heterocycles. The van der Waals surface area contributed by atoms with E-state index < -0.39 is 25.2 Å². The molecule has 1 amide bonds. The quantitative estimate of drug-likeness (QED) is 0.845. The average molecular weight is 287 g/mol. The van der Waals surface area contributed by atoms with Crippen LogP contribution in [0.15, 0.2) is 30.3 Å². The molecule has 1 aromatic carbocycles. The number of aliphatic hydroxyl groups is 1. The van der Waals surface area contributed by atoms with E-state index in [1.54, 1.807) is 12.1 Å². The number of alkyl halides is 3. The fraction of sp³-hybridized carbons (Fsp3) is 0.357. The molecular formula is C14H16F3NO2. The van der Waals surface area contributed by atoms with Crippen molar-refractivity contribution in [2.45, 2.75) is 13.1 Å². The topological polar surface area (TPSA) is 40.5 Å². The first-order valence-electron chi connectivity index (χ1n) is 6.03. The number of aryl methyl sites for hydroxylation is 1. The Bertz CT molecular complexity index is 484. The lowest BCUT2D eigenvalue weighted by Crippen LogP contribution is -2.39. The van der Waals surface area contributed by atoms with Gasteiger partial charge in [0, 0.05) is 12.6 Å². The maximum absolute atomic E-state index is 12.3. The maximum Gasteiger partial charge on any atom is 0.406 e. The van der Waals surface area contributed by atoms with Crippen molar-refractivity contribution >= 4 is 12.0 Å². The van der Waals surface area contributed by atoms with Crippen LogP contribution >= 0.6 is 0 Å². The monoisotopic (exact) mass is 287 g/mol. The van der Waals surface area contributed by atoms with Crippen molar-refractivity contribution in [2.24, 2.45) is 0 Å². The van der Waals surface area contributed by atoms with Crippen LogP contribution < -0.4 is 0 Å². The van der Waals surface area contributed by atoms with E-state index in [2.05, 4.69) is 0 Å². The number of nitrogens with zero attached hydrogens (tertiary/aromatic N) is 1. The van der Waals surface area contributed by atoms with Crippen LogP contribution in [0, 0.1) is 6.92 Å². The Morgan fingerprint density at radius 1 is 1.40 bits per heavy atom. The van der Waals surface area contributed by atoms with E-state index in [9.17, 15) is 18.0 Å². The second-order valence-electron chi connectivity index (χ2n) is 4.35. The zero-order valence-corrected chi connectivity index (χ0v) is 11.0. The summed E-state index contributed by atoms with van der Waals surface area (Å²) in [5.74, 6) is -0.780. The zero-order chi connectivity index (χ0) is 15.2. The SMILES string of the molecule is Cc1cccc(/C=C/C(=O)N(CCO)CC(F)(F)F)c1. The number of hydrogen-bond donors (Lipinski definition) is 1. The molecule has 0 aliphatic heterocycles. The van der Waals surface area contributed by atoms with Gasteiger partial charge >= 0.3 is 6.18 Å². The van der Waals surface area contributed by atoms with Gasteiger partial charge in [0.15, 0.2) is 0 Å². The normalized spacial score (nSPS) is 11.8. The molecule has 110 valence electrons. The molecule has 0 aliphatic carbocycles. The molecule has 0 heterocycles. The third-order valence-corrected chi connectivity index (χ3v) is 2.51. The Morgan fingerprint density at radius 3 is 2.65 bits per heavy atom. The van der Waals surface area contributed by atoms with Crippen molar-refractivity contribution in [1.29, 1.82) is 0 Å². The number of benzene rings is 1. The number of carbonyl (C=O) groups is 1. The molecule has 0 bridgehead atoms. The lowest BCUT2D eigenvalue weighted by molar-refractivity contribution is -0.158. The van der Waals surface area contributed by atoms with Crippen LogP contribution in [-0.4, -0.2) is 41.8 Å². The van der Waals surface area contributed by atoms with E-state index in [1.165, 1.54) is 6.08 Å². The molecule has 1 N–H and O–H groups in total. The smallest absolute Gasteiger partial charge is 0.395 e. The van der Waals surface area contributed by atoms with Gasteiger partial charge in [0.1, 0.15) is 6.54 Å². The molecule has 20 heavy (non-hydrogen) atoms. The van der Waals surface area contributed by atoms with Crippen molar-refractivity contribution in [3.63, 3.8) is 0 Å². The summed E-state index contributed by atoms with van der Waals surface area (Å²) < 4.78 is 36.9. The van der Waals surface area contributed by atoms with E-state index in [1.807, 2.05) is 19.1 Å². The van der Waals surface area contributed by atoms with Gasteiger partial charge in [0.25, 0.3) is 0 Å². The highest BCUT2D eigenvalue weighted by atomic mass is 19.4. The lowest BCUT2D eigenvalue weighted by atomic mass is 10.1. The molecule has 0 radical (unpaired) electrons. The lowest BCUT2D eigenvalue weighted by Gasteiger charge is -2.21. The maximum atomic E-state index is 12.3. The second kappa shape index (κ2) is 7.09. The minimum atomic E-state index is -4.48. The molecule has 0 atom stereocenters. The highest BCUT2D eigenvalue weighted by Gasteiger charge is 2.32. The molecule has 0 aliphatic rings. The van der Waals surface area contributed by atoms with Crippen molar-refractivity contribution in [1.82, 2.24) is 4.90 Å². The number of halogens is 3. The van der Waals surface area contributed by atoms with Gasteiger partial charge in [0.05, 0.1) is 6.61 Å². The van der Waals surface area contributed by atoms with Crippen molar-refractivity contribution in [2.75, 3.05) is 19.7 Å². The molecule has 3 nitrogen and oxygen atoms in total. The third-order valence-electron chi connectivity index (χ3n) is 2.51. The number of amides is 1. The van der Waals surface area contributed by atoms with Crippen LogP contribution in [-0.2, 0) is 4.79 Å². The van der Waals surface area contributed by atoms with E-state index in [0.717, 1.165) is 17.2 Å². The van der Waals surface area contributed by atoms with Crippen LogP contribution in [0.2, 0.25) is 0 Å². The first-order valence-corrected chi connectivity index (χ1v) is 6.03. The Morgan fingerprint density at radius 2 is 2.10 bits per heavy atom. The minimum absolute atomic E-state index is 0.351. The molecular weight excluding hydrogens is 271 g/mol. The van der Waals surface area contributed by atoms with E-state index >= 15 is 0 Å². The average Bonchev–Trinajstić information content (AvgIpc) is 2.34. The molecule has 1 rings (SSSR count). The number of hydrogen-bond acceptors (Lipinski definition) is 2. The number of carbonyl (C=O) groups excluding carboxylic acids is 1. The number of rotatable bonds is 5. The molecule has 0 saturated carbocycles. The van der Waals surface area contributed by atoms with Gasteiger partial charge in [-0.3, -0.25) is 4.79 Å². The molecule has 0 aromatic heterocycles. The standard InChI is InChI=1S/C14H16F3NO2/c1-11-3-2-4-12(9-11)5-6-13(20)18(7-8-19)10-14(15,16)17/h2-6,9,19H,7-8,10H2,1H3/b6-5+. The Labute approximate surface area is 115 Å². The van der Waals surface area contributed by atoms with Crippen molar-refractivity contribution in [3.05, 3.63) is 41.5 Å². The van der Waals surface area contributed by atoms with Gasteiger partial charge in [-0.05, 0) is 18.6 Å². The molecule has 0 unspecified atom stereocenters. The van der Waals surface area contributed by atoms with Gasteiger partial charge in [-0.2, -0.15) is 13.2 Å². The van der Waals surface area contributed by atoms with Gasteiger partial charge in [0.2, 0.25) is 5.91 Å². The fourth-order valence-electron chi connectivity index (χ4n) is 1.65. The summed E-state index contributed by atoms with van der Waals surface area (Å²) in [6.45, 7) is -0.359. The van der Waals surface area contributed by atoms with Gasteiger partial charge in [-0.15, -0.1) is 0 Å². The summed E-state index contributed by atoms with van der Waals surface area (Å²) >= 11 is 0. The zero-order valence-electron chi connectivity index (χ0n) is 11.0. The summed E-state index contributed by atoms with van der Waals surface area (Å²) in [4.78, 5) is 12.3. The molecule has 6 heteroatoms. The predicted molar refractivity (Wildman–Crippen MR) is 69.9 cm³/mol. The predicted octanol–water partition coefficient (Wildman–Crippen LogP) is 2.39. The summed E-state index contributed by atoms with van der Waals surface area (Å²) in [7, 11) is 0. The van der Waals surface area contributed by atoms with Crippen LogP contribution in [0.4, 0.5) is 13.2 Å². The van der Waals surface area contributed by atoms with Crippen molar-refractivity contribution < 1.29 is 23.1 Å². The largest absolute Gasteiger partial charge is 0.406 e. The summed E-state index contributed by atoms with van der Waals surface area (Å²) in [5.41, 5.74) is 1.72. The third kappa shape index (κ3) is 5.88. The molecule has 0 fully saturated rings. The Kier molecular flexibility index (Phi) is 5.76. The first kappa shape index (κ1) is 16.2. The number of aliphatic hydroxyl groups excluding tert-OH is 1. The van der Waals surface area contributed by atoms with E-state index in [4.69, 9.17) is 5.11 Å². The Balaban J connectivity index is 2.75. The van der Waals surface area contributed by atoms with Crippen molar-refractivity contribution in [3.8, 4) is 0 Å². The van der Waals surface area contributed by atoms with Gasteiger partial charge in [-0.25, -0.2) is 0 Å². The van der Waals surface area contributed by atoms with E-state index in [0.29, 0.717) is 4.90 Å². The second-order valence-corrected chi connectivity index (χ2v) is 4.35. The summed E-state index contributed by atoms with van der Waals surface area (Å²) in [6.07, 6.45) is -1.95. The van der Waals surface area contributed by atoms with Crippen LogP contribution in [0.5, 0.6) is 0 Å². The first-order chi connectivity index (χ1) is 9.31. The highest BCUT2D eigenvalue weighted by molar-refractivity contribution is 5.91. The fourth-order valence-corrected chi connectivity index (χ4v) is 1.65.